The highest BCUT2D eigenvalue weighted by atomic mass is 16.2. The third kappa shape index (κ3) is 4.34. The van der Waals surface area contributed by atoms with Gasteiger partial charge in [0.25, 0.3) is 0 Å². The zero-order chi connectivity index (χ0) is 19.5. The monoisotopic (exact) mass is 383 g/mol. The summed E-state index contributed by atoms with van der Waals surface area (Å²) in [5.74, 6) is 0.258. The summed E-state index contributed by atoms with van der Waals surface area (Å²) in [7, 11) is 0. The van der Waals surface area contributed by atoms with Crippen LogP contribution in [0.2, 0.25) is 0 Å². The van der Waals surface area contributed by atoms with Gasteiger partial charge in [0.1, 0.15) is 0 Å². The molecule has 0 radical (unpaired) electrons. The number of aryl methyl sites for hydroxylation is 2. The fraction of sp³-hybridized carbons (Fsp3) is 0.652. The molecular formula is C23H33N3O2. The quantitative estimate of drug-likeness (QED) is 0.833. The lowest BCUT2D eigenvalue weighted by molar-refractivity contribution is -0.127. The molecule has 1 aromatic rings. The van der Waals surface area contributed by atoms with Crippen LogP contribution in [-0.4, -0.2) is 36.0 Å². The first-order valence-corrected chi connectivity index (χ1v) is 11.1. The minimum Gasteiger partial charge on any atom is -0.353 e. The Morgan fingerprint density at radius 3 is 2.46 bits per heavy atom. The van der Waals surface area contributed by atoms with Crippen LogP contribution in [0.15, 0.2) is 18.2 Å². The highest BCUT2D eigenvalue weighted by Crippen LogP contribution is 2.32. The molecule has 28 heavy (non-hydrogen) atoms. The SMILES string of the molecule is Cc1ccc2c(c1)CCC2NC(=O)N1CCC(C(=O)NC2CCCCC2)CC1. The van der Waals surface area contributed by atoms with Crippen molar-refractivity contribution in [3.63, 3.8) is 0 Å². The van der Waals surface area contributed by atoms with Crippen LogP contribution in [0.5, 0.6) is 0 Å². The maximum absolute atomic E-state index is 12.7. The van der Waals surface area contributed by atoms with Crippen LogP contribution in [-0.2, 0) is 11.2 Å². The maximum Gasteiger partial charge on any atom is 0.317 e. The second-order valence-corrected chi connectivity index (χ2v) is 8.85. The standard InChI is InChI=1S/C23H33N3O2/c1-16-7-9-20-18(15-16)8-10-21(20)25-23(28)26-13-11-17(12-14-26)22(27)24-19-5-3-2-4-6-19/h7,9,15,17,19,21H,2-6,8,10-14H2,1H3,(H,24,27)(H,25,28). The van der Waals surface area contributed by atoms with Crippen molar-refractivity contribution in [2.75, 3.05) is 13.1 Å². The number of nitrogens with one attached hydrogen (secondary N) is 2. The van der Waals surface area contributed by atoms with Gasteiger partial charge in [-0.15, -0.1) is 0 Å². The van der Waals surface area contributed by atoms with Gasteiger partial charge in [-0.3, -0.25) is 4.79 Å². The smallest absolute Gasteiger partial charge is 0.317 e. The normalized spacial score (nSPS) is 23.3. The van der Waals surface area contributed by atoms with Gasteiger partial charge >= 0.3 is 6.03 Å². The molecule has 152 valence electrons. The van der Waals surface area contributed by atoms with Crippen LogP contribution in [0.25, 0.3) is 0 Å². The van der Waals surface area contributed by atoms with Crippen molar-refractivity contribution >= 4 is 11.9 Å². The summed E-state index contributed by atoms with van der Waals surface area (Å²) in [6.45, 7) is 3.45. The van der Waals surface area contributed by atoms with E-state index in [0.29, 0.717) is 19.1 Å². The minimum atomic E-state index is 0.0181. The lowest BCUT2D eigenvalue weighted by Gasteiger charge is -2.33. The molecule has 3 aliphatic rings. The first-order chi connectivity index (χ1) is 13.6. The van der Waals surface area contributed by atoms with E-state index < -0.39 is 0 Å². The number of rotatable bonds is 3. The molecule has 1 saturated heterocycles. The Balaban J connectivity index is 1.25. The highest BCUT2D eigenvalue weighted by molar-refractivity contribution is 5.80. The fourth-order valence-electron chi connectivity index (χ4n) is 5.05. The van der Waals surface area contributed by atoms with Gasteiger partial charge in [0.05, 0.1) is 6.04 Å². The predicted octanol–water partition coefficient (Wildman–Crippen LogP) is 3.85. The number of urea groups is 1. The highest BCUT2D eigenvalue weighted by Gasteiger charge is 2.31. The number of carbonyl (C=O) groups excluding carboxylic acids is 2. The summed E-state index contributed by atoms with van der Waals surface area (Å²) >= 11 is 0. The second kappa shape index (κ2) is 8.54. The van der Waals surface area contributed by atoms with Gasteiger partial charge in [-0.1, -0.05) is 43.0 Å². The Morgan fingerprint density at radius 1 is 0.964 bits per heavy atom. The number of carbonyl (C=O) groups is 2. The van der Waals surface area contributed by atoms with Gasteiger partial charge in [0.15, 0.2) is 0 Å². The summed E-state index contributed by atoms with van der Waals surface area (Å²) in [5, 5.41) is 6.47. The average molecular weight is 384 g/mol. The van der Waals surface area contributed by atoms with Crippen LogP contribution in [0.1, 0.15) is 74.1 Å². The van der Waals surface area contributed by atoms with Crippen molar-refractivity contribution in [3.05, 3.63) is 34.9 Å². The Labute approximate surface area is 168 Å². The molecule has 1 unspecified atom stereocenters. The Hall–Kier alpha value is -2.04. The third-order valence-corrected chi connectivity index (χ3v) is 6.78. The molecule has 2 aliphatic carbocycles. The molecule has 0 aromatic heterocycles. The number of hydrogen-bond donors (Lipinski definition) is 2. The van der Waals surface area contributed by atoms with Crippen LogP contribution < -0.4 is 10.6 Å². The van der Waals surface area contributed by atoms with E-state index in [9.17, 15) is 9.59 Å². The van der Waals surface area contributed by atoms with Crippen LogP contribution in [0, 0.1) is 12.8 Å². The third-order valence-electron chi connectivity index (χ3n) is 6.78. The van der Waals surface area contributed by atoms with E-state index in [4.69, 9.17) is 0 Å². The molecule has 3 amide bonds. The van der Waals surface area contributed by atoms with E-state index in [1.54, 1.807) is 0 Å². The molecule has 2 fully saturated rings. The lowest BCUT2D eigenvalue weighted by atomic mass is 9.92. The molecule has 0 bridgehead atoms. The van der Waals surface area contributed by atoms with E-state index >= 15 is 0 Å². The largest absolute Gasteiger partial charge is 0.353 e. The van der Waals surface area contributed by atoms with Crippen molar-refractivity contribution in [2.24, 2.45) is 5.92 Å². The van der Waals surface area contributed by atoms with E-state index in [1.165, 1.54) is 36.0 Å². The van der Waals surface area contributed by atoms with Gasteiger partial charge in [0, 0.05) is 25.0 Å². The summed E-state index contributed by atoms with van der Waals surface area (Å²) in [6, 6.07) is 7.02. The molecule has 1 saturated carbocycles. The molecular weight excluding hydrogens is 350 g/mol. The molecule has 1 aliphatic heterocycles. The van der Waals surface area contributed by atoms with Crippen LogP contribution in [0.3, 0.4) is 0 Å². The number of amides is 3. The summed E-state index contributed by atoms with van der Waals surface area (Å²) in [4.78, 5) is 27.2. The minimum absolute atomic E-state index is 0.0181. The first kappa shape index (κ1) is 19.3. The van der Waals surface area contributed by atoms with Crippen molar-refractivity contribution in [1.82, 2.24) is 15.5 Å². The van der Waals surface area contributed by atoms with Gasteiger partial charge in [0.2, 0.25) is 5.91 Å². The van der Waals surface area contributed by atoms with E-state index in [-0.39, 0.29) is 23.9 Å². The molecule has 5 heteroatoms. The van der Waals surface area contributed by atoms with E-state index in [1.807, 2.05) is 4.90 Å². The molecule has 2 N–H and O–H groups in total. The van der Waals surface area contributed by atoms with Gasteiger partial charge in [-0.25, -0.2) is 4.79 Å². The molecule has 1 atom stereocenters. The summed E-state index contributed by atoms with van der Waals surface area (Å²) in [5.41, 5.74) is 3.91. The van der Waals surface area contributed by atoms with Crippen molar-refractivity contribution in [1.29, 1.82) is 0 Å². The number of benzene rings is 1. The predicted molar refractivity (Wildman–Crippen MR) is 110 cm³/mol. The van der Waals surface area contributed by atoms with E-state index in [2.05, 4.69) is 35.8 Å². The molecule has 4 rings (SSSR count). The molecule has 1 heterocycles. The average Bonchev–Trinajstić information content (AvgIpc) is 3.10. The molecule has 1 aromatic carbocycles. The van der Waals surface area contributed by atoms with Crippen molar-refractivity contribution in [2.45, 2.75) is 76.8 Å². The second-order valence-electron chi connectivity index (χ2n) is 8.85. The van der Waals surface area contributed by atoms with Gasteiger partial charge in [-0.05, 0) is 56.6 Å². The topological polar surface area (TPSA) is 61.4 Å². The fourth-order valence-corrected chi connectivity index (χ4v) is 5.05. The van der Waals surface area contributed by atoms with Crippen LogP contribution in [0.4, 0.5) is 4.79 Å². The van der Waals surface area contributed by atoms with Crippen molar-refractivity contribution in [3.8, 4) is 0 Å². The number of piperidine rings is 1. The number of fused-ring (bicyclic) bond motifs is 1. The van der Waals surface area contributed by atoms with Gasteiger partial charge in [-0.2, -0.15) is 0 Å². The van der Waals surface area contributed by atoms with Gasteiger partial charge < -0.3 is 15.5 Å². The zero-order valence-electron chi connectivity index (χ0n) is 17.0. The summed E-state index contributed by atoms with van der Waals surface area (Å²) < 4.78 is 0. The Kier molecular flexibility index (Phi) is 5.88. The maximum atomic E-state index is 12.7. The number of nitrogens with zero attached hydrogens (tertiary/aromatic N) is 1. The number of hydrogen-bond acceptors (Lipinski definition) is 2. The number of likely N-dealkylation sites (tertiary alicyclic amines) is 1. The first-order valence-electron chi connectivity index (χ1n) is 11.1. The summed E-state index contributed by atoms with van der Waals surface area (Å²) in [6.07, 6.45) is 9.55. The lowest BCUT2D eigenvalue weighted by Crippen LogP contribution is -2.48. The van der Waals surface area contributed by atoms with Crippen LogP contribution >= 0.6 is 0 Å². The molecule has 0 spiro atoms. The Bertz CT molecular complexity index is 719. The Morgan fingerprint density at radius 2 is 1.71 bits per heavy atom. The molecule has 5 nitrogen and oxygen atoms in total. The van der Waals surface area contributed by atoms with E-state index in [0.717, 1.165) is 38.5 Å². The zero-order valence-corrected chi connectivity index (χ0v) is 17.0. The van der Waals surface area contributed by atoms with Crippen molar-refractivity contribution < 1.29 is 9.59 Å².